The van der Waals surface area contributed by atoms with Crippen molar-refractivity contribution in [2.24, 2.45) is 5.92 Å². The summed E-state index contributed by atoms with van der Waals surface area (Å²) >= 11 is 6.46. The molecular weight excluding hydrogens is 480 g/mol. The summed E-state index contributed by atoms with van der Waals surface area (Å²) in [5.74, 6) is 1.74. The number of carbonyl (C=O) groups excluding carboxylic acids is 1. The van der Waals surface area contributed by atoms with Gasteiger partial charge >= 0.3 is 0 Å². The summed E-state index contributed by atoms with van der Waals surface area (Å²) in [5, 5.41) is 11.3. The first-order chi connectivity index (χ1) is 17.6. The lowest BCUT2D eigenvalue weighted by Crippen LogP contribution is -2.21. The summed E-state index contributed by atoms with van der Waals surface area (Å²) in [4.78, 5) is 24.2. The van der Waals surface area contributed by atoms with Crippen LogP contribution in [0.5, 0.6) is 5.75 Å². The van der Waals surface area contributed by atoms with Crippen molar-refractivity contribution in [2.45, 2.75) is 19.3 Å². The highest BCUT2D eigenvalue weighted by molar-refractivity contribution is 6.33. The molecule has 1 aliphatic heterocycles. The molecule has 3 heterocycles. The summed E-state index contributed by atoms with van der Waals surface area (Å²) in [7, 11) is 0. The minimum Gasteiger partial charge on any atom is -0.493 e. The van der Waals surface area contributed by atoms with E-state index in [9.17, 15) is 4.79 Å². The molecule has 10 heteroatoms. The molecule has 9 nitrogen and oxygen atoms in total. The number of halogens is 1. The Bertz CT molecular complexity index is 1320. The zero-order valence-electron chi connectivity index (χ0n) is 19.5. The van der Waals surface area contributed by atoms with Crippen molar-refractivity contribution in [3.8, 4) is 17.0 Å². The molecule has 2 aromatic heterocycles. The quantitative estimate of drug-likeness (QED) is 0.361. The summed E-state index contributed by atoms with van der Waals surface area (Å²) in [6.45, 7) is 2.18. The van der Waals surface area contributed by atoms with E-state index < -0.39 is 5.91 Å². The molecule has 0 spiro atoms. The van der Waals surface area contributed by atoms with E-state index in [-0.39, 0.29) is 5.82 Å². The first kappa shape index (κ1) is 23.9. The molecule has 0 bridgehead atoms. The molecule has 0 aliphatic carbocycles. The number of ether oxygens (including phenoxy) is 2. The summed E-state index contributed by atoms with van der Waals surface area (Å²) in [6, 6.07) is 16.9. The molecule has 0 saturated carbocycles. The number of anilines is 1. The van der Waals surface area contributed by atoms with E-state index in [4.69, 9.17) is 21.1 Å². The Morgan fingerprint density at radius 2 is 1.92 bits per heavy atom. The molecule has 5 rings (SSSR count). The topological polar surface area (TPSA) is 115 Å². The molecule has 1 amide bonds. The number of benzene rings is 2. The van der Waals surface area contributed by atoms with Crippen LogP contribution in [0.15, 0.2) is 60.9 Å². The first-order valence-electron chi connectivity index (χ1n) is 11.7. The number of rotatable bonds is 8. The van der Waals surface area contributed by atoms with E-state index in [1.807, 2.05) is 42.5 Å². The van der Waals surface area contributed by atoms with Crippen LogP contribution in [-0.2, 0) is 11.2 Å². The number of nitrogens with zero attached hydrogens (tertiary/aromatic N) is 4. The lowest BCUT2D eigenvalue weighted by atomic mass is 10.0. The van der Waals surface area contributed by atoms with Crippen molar-refractivity contribution in [1.82, 2.24) is 25.1 Å². The van der Waals surface area contributed by atoms with E-state index in [1.165, 1.54) is 6.33 Å². The predicted octanol–water partition coefficient (Wildman–Crippen LogP) is 4.56. The maximum Gasteiger partial charge on any atom is 0.294 e. The van der Waals surface area contributed by atoms with Gasteiger partial charge in [0.15, 0.2) is 0 Å². The van der Waals surface area contributed by atoms with Gasteiger partial charge in [0.05, 0.1) is 17.3 Å². The monoisotopic (exact) mass is 504 g/mol. The number of hydrogen-bond donors (Lipinski definition) is 2. The van der Waals surface area contributed by atoms with Crippen LogP contribution in [-0.4, -0.2) is 50.9 Å². The molecule has 0 radical (unpaired) electrons. The number of H-pyrrole nitrogens is 1. The Hall–Kier alpha value is -3.82. The smallest absolute Gasteiger partial charge is 0.294 e. The molecule has 1 saturated heterocycles. The average molecular weight is 505 g/mol. The molecule has 36 heavy (non-hydrogen) atoms. The number of amides is 1. The van der Waals surface area contributed by atoms with Crippen molar-refractivity contribution in [3.05, 3.63) is 83.2 Å². The largest absolute Gasteiger partial charge is 0.493 e. The van der Waals surface area contributed by atoms with Crippen LogP contribution in [0.3, 0.4) is 0 Å². The van der Waals surface area contributed by atoms with Gasteiger partial charge in [0.25, 0.3) is 5.91 Å². The van der Waals surface area contributed by atoms with Crippen LogP contribution >= 0.6 is 11.6 Å². The Balaban J connectivity index is 1.26. The molecular formula is C26H25ClN6O3. The highest BCUT2D eigenvalue weighted by Gasteiger charge is 2.17. The zero-order valence-corrected chi connectivity index (χ0v) is 20.2. The van der Waals surface area contributed by atoms with Gasteiger partial charge in [-0.25, -0.2) is 9.97 Å². The second-order valence-electron chi connectivity index (χ2n) is 8.53. The lowest BCUT2D eigenvalue weighted by molar-refractivity contribution is 0.0497. The van der Waals surface area contributed by atoms with E-state index in [0.717, 1.165) is 31.6 Å². The molecule has 2 N–H and O–H groups in total. The van der Waals surface area contributed by atoms with Gasteiger partial charge in [0.1, 0.15) is 23.7 Å². The van der Waals surface area contributed by atoms with Gasteiger partial charge in [-0.1, -0.05) is 41.9 Å². The van der Waals surface area contributed by atoms with Crippen LogP contribution in [0.25, 0.3) is 11.3 Å². The molecule has 4 aromatic rings. The summed E-state index contributed by atoms with van der Waals surface area (Å²) in [6.07, 6.45) is 3.91. The molecule has 1 aliphatic rings. The second kappa shape index (κ2) is 11.3. The molecule has 0 unspecified atom stereocenters. The second-order valence-corrected chi connectivity index (χ2v) is 8.94. The van der Waals surface area contributed by atoms with Crippen LogP contribution in [0.1, 0.15) is 34.8 Å². The molecule has 0 atom stereocenters. The Morgan fingerprint density at radius 3 is 2.75 bits per heavy atom. The third kappa shape index (κ3) is 6.05. The van der Waals surface area contributed by atoms with Crippen molar-refractivity contribution in [3.63, 3.8) is 0 Å². The van der Waals surface area contributed by atoms with Crippen molar-refractivity contribution in [2.75, 3.05) is 25.1 Å². The van der Waals surface area contributed by atoms with Crippen LogP contribution in [0.2, 0.25) is 5.02 Å². The standard InChI is InChI=1S/C26H25ClN6O3/c27-21-7-6-19(36-15-18-8-10-35-11-9-18)13-20(21)22-14-23(29-16-28-22)31-26(34)25-30-24(32-33-25)12-17-4-2-1-3-5-17/h1-7,13-14,16,18H,8-12,15H2,(H,30,32,33)(H,28,29,31,34). The highest BCUT2D eigenvalue weighted by Crippen LogP contribution is 2.31. The van der Waals surface area contributed by atoms with E-state index >= 15 is 0 Å². The van der Waals surface area contributed by atoms with E-state index in [1.54, 1.807) is 12.1 Å². The number of carbonyl (C=O) groups is 1. The third-order valence-corrected chi connectivity index (χ3v) is 6.24. The molecule has 2 aromatic carbocycles. The SMILES string of the molecule is O=C(Nc1cc(-c2cc(OCC3CCOCC3)ccc2Cl)ncn1)c1nnc(Cc2ccccc2)[nH]1. The number of hydrogen-bond acceptors (Lipinski definition) is 7. The molecule has 1 fully saturated rings. The fourth-order valence-corrected chi connectivity index (χ4v) is 4.15. The van der Waals surface area contributed by atoms with Gasteiger partial charge in [-0.2, -0.15) is 0 Å². The van der Waals surface area contributed by atoms with Gasteiger partial charge in [-0.15, -0.1) is 10.2 Å². The van der Waals surface area contributed by atoms with Crippen LogP contribution < -0.4 is 10.1 Å². The van der Waals surface area contributed by atoms with Gasteiger partial charge < -0.3 is 19.8 Å². The third-order valence-electron chi connectivity index (χ3n) is 5.91. The van der Waals surface area contributed by atoms with Gasteiger partial charge in [-0.05, 0) is 42.5 Å². The van der Waals surface area contributed by atoms with Crippen LogP contribution in [0, 0.1) is 5.92 Å². The number of nitrogens with one attached hydrogen (secondary N) is 2. The normalized spacial score (nSPS) is 13.9. The van der Waals surface area contributed by atoms with Gasteiger partial charge in [-0.3, -0.25) is 4.79 Å². The fourth-order valence-electron chi connectivity index (χ4n) is 3.93. The van der Waals surface area contributed by atoms with Gasteiger partial charge in [0, 0.05) is 31.3 Å². The average Bonchev–Trinajstić information content (AvgIpc) is 3.38. The Labute approximate surface area is 213 Å². The van der Waals surface area contributed by atoms with Crippen LogP contribution in [0.4, 0.5) is 5.82 Å². The van der Waals surface area contributed by atoms with E-state index in [0.29, 0.717) is 52.6 Å². The Kier molecular flexibility index (Phi) is 7.49. The van der Waals surface area contributed by atoms with Crippen molar-refractivity contribution in [1.29, 1.82) is 0 Å². The predicted molar refractivity (Wildman–Crippen MR) is 135 cm³/mol. The zero-order chi connectivity index (χ0) is 24.7. The first-order valence-corrected chi connectivity index (χ1v) is 12.1. The fraction of sp³-hybridized carbons (Fsp3) is 0.269. The lowest BCUT2D eigenvalue weighted by Gasteiger charge is -2.22. The number of aromatic nitrogens is 5. The highest BCUT2D eigenvalue weighted by atomic mass is 35.5. The number of aromatic amines is 1. The van der Waals surface area contributed by atoms with Gasteiger partial charge in [0.2, 0.25) is 5.82 Å². The maximum absolute atomic E-state index is 12.7. The minimum atomic E-state index is -0.453. The van der Waals surface area contributed by atoms with E-state index in [2.05, 4.69) is 30.5 Å². The maximum atomic E-state index is 12.7. The summed E-state index contributed by atoms with van der Waals surface area (Å²) in [5.41, 5.74) is 2.31. The summed E-state index contributed by atoms with van der Waals surface area (Å²) < 4.78 is 11.4. The Morgan fingerprint density at radius 1 is 1.08 bits per heavy atom. The van der Waals surface area contributed by atoms with Crippen molar-refractivity contribution >= 4 is 23.3 Å². The molecule has 184 valence electrons. The van der Waals surface area contributed by atoms with Crippen molar-refractivity contribution < 1.29 is 14.3 Å². The minimum absolute atomic E-state index is 0.0997.